The van der Waals surface area contributed by atoms with Crippen LogP contribution in [0.1, 0.15) is 11.4 Å². The molecule has 3 aromatic rings. The van der Waals surface area contributed by atoms with Gasteiger partial charge < -0.3 is 14.6 Å². The number of nitrogens with zero attached hydrogens (tertiary/aromatic N) is 2. The second-order valence-electron chi connectivity index (χ2n) is 6.26. The van der Waals surface area contributed by atoms with Gasteiger partial charge in [-0.25, -0.2) is 4.98 Å². The van der Waals surface area contributed by atoms with E-state index in [1.54, 1.807) is 24.3 Å². The summed E-state index contributed by atoms with van der Waals surface area (Å²) in [6, 6.07) is 13.0. The number of aromatic nitrogens is 2. The molecule has 2 aromatic carbocycles. The lowest BCUT2D eigenvalue weighted by molar-refractivity contribution is 0.122. The smallest absolute Gasteiger partial charge is 0.259 e. The van der Waals surface area contributed by atoms with E-state index in [0.717, 1.165) is 37.6 Å². The summed E-state index contributed by atoms with van der Waals surface area (Å²) in [4.78, 5) is 21.7. The summed E-state index contributed by atoms with van der Waals surface area (Å²) >= 11 is 12.4. The molecule has 0 amide bonds. The van der Waals surface area contributed by atoms with Gasteiger partial charge in [0, 0.05) is 23.8 Å². The monoisotopic (exact) mass is 401 g/mol. The Labute approximate surface area is 166 Å². The fourth-order valence-electron chi connectivity index (χ4n) is 3.04. The molecular weight excluding hydrogens is 385 g/mol. The van der Waals surface area contributed by atoms with Gasteiger partial charge in [-0.2, -0.15) is 0 Å². The molecule has 0 atom stereocenters. The van der Waals surface area contributed by atoms with E-state index >= 15 is 0 Å². The molecule has 0 aliphatic carbocycles. The first-order valence-corrected chi connectivity index (χ1v) is 9.36. The Morgan fingerprint density at radius 1 is 1.15 bits per heavy atom. The third kappa shape index (κ3) is 4.00. The summed E-state index contributed by atoms with van der Waals surface area (Å²) in [7, 11) is 0. The van der Waals surface area contributed by atoms with E-state index in [0.29, 0.717) is 26.8 Å². The summed E-state index contributed by atoms with van der Waals surface area (Å²) in [5.74, 6) is 0.314. The molecule has 0 spiro atoms. The molecule has 27 heavy (non-hydrogen) atoms. The number of H-pyrrole nitrogens is 1. The van der Waals surface area contributed by atoms with Crippen molar-refractivity contribution in [2.24, 2.45) is 0 Å². The van der Waals surface area contributed by atoms with Crippen molar-refractivity contribution in [2.45, 2.75) is 0 Å². The number of aromatic amines is 1. The lowest BCUT2D eigenvalue weighted by Crippen LogP contribution is -2.36. The van der Waals surface area contributed by atoms with E-state index < -0.39 is 0 Å². The molecule has 0 radical (unpaired) electrons. The highest BCUT2D eigenvalue weighted by Gasteiger charge is 2.11. The third-order valence-electron chi connectivity index (χ3n) is 4.46. The number of nitrogens with one attached hydrogen (secondary N) is 1. The minimum atomic E-state index is -0.249. The van der Waals surface area contributed by atoms with Crippen molar-refractivity contribution in [1.29, 1.82) is 0 Å². The largest absolute Gasteiger partial charge is 0.378 e. The molecule has 4 rings (SSSR count). The highest BCUT2D eigenvalue weighted by Crippen LogP contribution is 2.23. The molecule has 1 aliphatic heterocycles. The predicted octanol–water partition coefficient (Wildman–Crippen LogP) is 4.15. The van der Waals surface area contributed by atoms with Crippen molar-refractivity contribution in [1.82, 2.24) is 9.97 Å². The fraction of sp³-hybridized carbons (Fsp3) is 0.200. The van der Waals surface area contributed by atoms with Gasteiger partial charge in [0.15, 0.2) is 5.82 Å². The molecule has 0 saturated carbocycles. The van der Waals surface area contributed by atoms with Gasteiger partial charge >= 0.3 is 0 Å². The quantitative estimate of drug-likeness (QED) is 0.715. The van der Waals surface area contributed by atoms with Gasteiger partial charge in [0.25, 0.3) is 5.56 Å². The third-order valence-corrected chi connectivity index (χ3v) is 4.98. The van der Waals surface area contributed by atoms with Crippen LogP contribution in [0.25, 0.3) is 22.0 Å². The number of benzene rings is 2. The summed E-state index contributed by atoms with van der Waals surface area (Å²) in [6.45, 7) is 3.28. The van der Waals surface area contributed by atoms with Crippen LogP contribution in [0.2, 0.25) is 5.02 Å². The van der Waals surface area contributed by atoms with Gasteiger partial charge in [0.05, 0.1) is 29.1 Å². The number of morpholine rings is 1. The second-order valence-corrected chi connectivity index (χ2v) is 7.10. The number of hydrogen-bond donors (Lipinski definition) is 1. The molecule has 1 aliphatic rings. The molecule has 1 aromatic heterocycles. The summed E-state index contributed by atoms with van der Waals surface area (Å²) < 4.78 is 5.38. The topological polar surface area (TPSA) is 58.2 Å². The van der Waals surface area contributed by atoms with Crippen molar-refractivity contribution >= 4 is 50.9 Å². The Bertz CT molecular complexity index is 1060. The highest BCUT2D eigenvalue weighted by molar-refractivity contribution is 6.50. The summed E-state index contributed by atoms with van der Waals surface area (Å²) in [6.07, 6.45) is 1.78. The van der Waals surface area contributed by atoms with E-state index in [1.165, 1.54) is 0 Å². The van der Waals surface area contributed by atoms with Crippen molar-refractivity contribution in [3.63, 3.8) is 0 Å². The SMILES string of the molecule is O=c1[nH]c(/C(Cl)=C/c2ccc(N3CCOCC3)cc2)nc2cc(Cl)ccc12. The zero-order chi connectivity index (χ0) is 18.8. The Kier molecular flexibility index (Phi) is 5.16. The lowest BCUT2D eigenvalue weighted by atomic mass is 10.1. The molecule has 5 nitrogen and oxygen atoms in total. The van der Waals surface area contributed by atoms with Crippen LogP contribution in [-0.2, 0) is 4.74 Å². The van der Waals surface area contributed by atoms with E-state index in [4.69, 9.17) is 27.9 Å². The molecule has 2 heterocycles. The van der Waals surface area contributed by atoms with Crippen molar-refractivity contribution in [3.05, 3.63) is 69.2 Å². The van der Waals surface area contributed by atoms with Gasteiger partial charge in [-0.3, -0.25) is 4.79 Å². The predicted molar refractivity (Wildman–Crippen MR) is 111 cm³/mol. The average molecular weight is 402 g/mol. The molecular formula is C20H17Cl2N3O2. The number of fused-ring (bicyclic) bond motifs is 1. The molecule has 0 bridgehead atoms. The first-order valence-electron chi connectivity index (χ1n) is 8.60. The number of ether oxygens (including phenoxy) is 1. The average Bonchev–Trinajstić information content (AvgIpc) is 2.69. The van der Waals surface area contributed by atoms with Crippen LogP contribution in [0.3, 0.4) is 0 Å². The maximum absolute atomic E-state index is 12.2. The zero-order valence-corrected chi connectivity index (χ0v) is 15.9. The van der Waals surface area contributed by atoms with Crippen LogP contribution in [0.4, 0.5) is 5.69 Å². The van der Waals surface area contributed by atoms with E-state index in [-0.39, 0.29) is 5.56 Å². The van der Waals surface area contributed by atoms with Crippen LogP contribution in [0.15, 0.2) is 47.3 Å². The Morgan fingerprint density at radius 2 is 1.89 bits per heavy atom. The Morgan fingerprint density at radius 3 is 2.63 bits per heavy atom. The van der Waals surface area contributed by atoms with Gasteiger partial charge in [-0.15, -0.1) is 0 Å². The van der Waals surface area contributed by atoms with Crippen LogP contribution < -0.4 is 10.5 Å². The first kappa shape index (κ1) is 18.0. The number of rotatable bonds is 3. The molecule has 138 valence electrons. The first-order chi connectivity index (χ1) is 13.1. The molecule has 1 saturated heterocycles. The fourth-order valence-corrected chi connectivity index (χ4v) is 3.43. The van der Waals surface area contributed by atoms with Crippen LogP contribution in [-0.4, -0.2) is 36.3 Å². The van der Waals surface area contributed by atoms with Gasteiger partial charge in [0.2, 0.25) is 0 Å². The molecule has 1 N–H and O–H groups in total. The summed E-state index contributed by atoms with van der Waals surface area (Å²) in [5, 5.41) is 1.35. The van der Waals surface area contributed by atoms with Crippen molar-refractivity contribution in [2.75, 3.05) is 31.2 Å². The summed E-state index contributed by atoms with van der Waals surface area (Å²) in [5.41, 5.74) is 2.33. The number of anilines is 1. The highest BCUT2D eigenvalue weighted by atomic mass is 35.5. The second kappa shape index (κ2) is 7.72. The van der Waals surface area contributed by atoms with Crippen molar-refractivity contribution in [3.8, 4) is 0 Å². The minimum absolute atomic E-state index is 0.249. The number of halogens is 2. The maximum atomic E-state index is 12.2. The Hall–Kier alpha value is -2.34. The van der Waals surface area contributed by atoms with Crippen LogP contribution in [0, 0.1) is 0 Å². The molecule has 7 heteroatoms. The normalized spacial score (nSPS) is 15.3. The Balaban J connectivity index is 1.62. The lowest BCUT2D eigenvalue weighted by Gasteiger charge is -2.28. The van der Waals surface area contributed by atoms with Crippen LogP contribution in [0.5, 0.6) is 0 Å². The minimum Gasteiger partial charge on any atom is -0.378 e. The zero-order valence-electron chi connectivity index (χ0n) is 14.4. The van der Waals surface area contributed by atoms with E-state index in [9.17, 15) is 4.79 Å². The molecule has 0 unspecified atom stereocenters. The number of hydrogen-bond acceptors (Lipinski definition) is 4. The van der Waals surface area contributed by atoms with E-state index in [1.807, 2.05) is 12.1 Å². The van der Waals surface area contributed by atoms with Gasteiger partial charge in [-0.1, -0.05) is 35.3 Å². The van der Waals surface area contributed by atoms with Crippen LogP contribution >= 0.6 is 23.2 Å². The standard InChI is InChI=1S/C20H17Cl2N3O2/c21-14-3-6-16-18(12-14)23-19(24-20(16)26)17(22)11-13-1-4-15(5-2-13)25-7-9-27-10-8-25/h1-6,11-12H,7-10H2,(H,23,24,26)/b17-11-. The van der Waals surface area contributed by atoms with Gasteiger partial charge in [0.1, 0.15) is 0 Å². The van der Waals surface area contributed by atoms with E-state index in [2.05, 4.69) is 27.0 Å². The molecule has 1 fully saturated rings. The van der Waals surface area contributed by atoms with Crippen molar-refractivity contribution < 1.29 is 4.74 Å². The van der Waals surface area contributed by atoms with Gasteiger partial charge in [-0.05, 0) is 42.0 Å². The maximum Gasteiger partial charge on any atom is 0.259 e.